The first-order valence-electron chi connectivity index (χ1n) is 3.13. The number of hydrogen-bond acceptors (Lipinski definition) is 3. The number of carbonyl (C=O) groups is 1. The van der Waals surface area contributed by atoms with Crippen LogP contribution in [0.4, 0.5) is 0 Å². The van der Waals surface area contributed by atoms with Crippen molar-refractivity contribution in [3.8, 4) is 0 Å². The van der Waals surface area contributed by atoms with Crippen molar-refractivity contribution in [1.82, 2.24) is 0 Å². The van der Waals surface area contributed by atoms with Crippen LogP contribution in [0.1, 0.15) is 20.8 Å². The van der Waals surface area contributed by atoms with Crippen molar-refractivity contribution in [2.45, 2.75) is 20.8 Å². The average molecular weight is 208 g/mol. The molecule has 1 radical (unpaired) electrons. The standard InChI is InChI=1S/C7H12O3.Cu/c1-4-10-7(9)5(2)6(3)8;/h8H,4H2,1-3H3;/b6-5-;. The maximum absolute atomic E-state index is 10.7. The summed E-state index contributed by atoms with van der Waals surface area (Å²) in [5.41, 5.74) is 0.266. The number of ether oxygens (including phenoxy) is 1. The van der Waals surface area contributed by atoms with Crippen molar-refractivity contribution >= 4 is 5.97 Å². The third-order valence-corrected chi connectivity index (χ3v) is 1.12. The Morgan fingerprint density at radius 2 is 1.91 bits per heavy atom. The number of rotatable bonds is 2. The smallest absolute Gasteiger partial charge is 0.337 e. The van der Waals surface area contributed by atoms with E-state index in [-0.39, 0.29) is 28.4 Å². The summed E-state index contributed by atoms with van der Waals surface area (Å²) in [6.45, 7) is 5.03. The third kappa shape index (κ3) is 4.87. The molecule has 0 unspecified atom stereocenters. The Morgan fingerprint density at radius 3 is 2.18 bits per heavy atom. The van der Waals surface area contributed by atoms with E-state index < -0.39 is 5.97 Å². The molecule has 0 aromatic carbocycles. The van der Waals surface area contributed by atoms with Crippen molar-refractivity contribution in [3.05, 3.63) is 11.3 Å². The number of esters is 1. The molecule has 0 aliphatic rings. The first kappa shape index (κ1) is 13.1. The van der Waals surface area contributed by atoms with Gasteiger partial charge < -0.3 is 9.84 Å². The molecule has 69 valence electrons. The number of hydrogen-bond donors (Lipinski definition) is 1. The van der Waals surface area contributed by atoms with Crippen LogP contribution >= 0.6 is 0 Å². The molecule has 1 N–H and O–H groups in total. The number of allylic oxidation sites excluding steroid dienone is 1. The number of aliphatic hydroxyl groups is 1. The molecule has 4 heteroatoms. The zero-order valence-electron chi connectivity index (χ0n) is 6.77. The molecule has 0 atom stereocenters. The molecule has 0 saturated carbocycles. The Balaban J connectivity index is 0. The Labute approximate surface area is 76.9 Å². The monoisotopic (exact) mass is 207 g/mol. The minimum absolute atomic E-state index is 0. The van der Waals surface area contributed by atoms with Crippen LogP contribution in [0.2, 0.25) is 0 Å². The van der Waals surface area contributed by atoms with Gasteiger partial charge in [-0.05, 0) is 20.8 Å². The summed E-state index contributed by atoms with van der Waals surface area (Å²) in [5.74, 6) is -0.444. The summed E-state index contributed by atoms with van der Waals surface area (Å²) in [6.07, 6.45) is 0. The van der Waals surface area contributed by atoms with Crippen LogP contribution in [0.3, 0.4) is 0 Å². The van der Waals surface area contributed by atoms with Gasteiger partial charge in [0.15, 0.2) is 0 Å². The zero-order valence-corrected chi connectivity index (χ0v) is 7.71. The van der Waals surface area contributed by atoms with Crippen LogP contribution in [0.5, 0.6) is 0 Å². The summed E-state index contributed by atoms with van der Waals surface area (Å²) in [4.78, 5) is 10.7. The minimum Gasteiger partial charge on any atom is -0.512 e. The molecule has 0 rings (SSSR count). The van der Waals surface area contributed by atoms with Crippen molar-refractivity contribution in [1.29, 1.82) is 0 Å². The van der Waals surface area contributed by atoms with Gasteiger partial charge >= 0.3 is 5.97 Å². The predicted octanol–water partition coefficient (Wildman–Crippen LogP) is 1.40. The van der Waals surface area contributed by atoms with Gasteiger partial charge in [-0.25, -0.2) is 4.79 Å². The van der Waals surface area contributed by atoms with Crippen LogP contribution in [-0.4, -0.2) is 17.7 Å². The SMILES string of the molecule is CCOC(=O)/C(C)=C(/C)O.[Cu]. The molecule has 0 fully saturated rings. The second kappa shape index (κ2) is 6.25. The summed E-state index contributed by atoms with van der Waals surface area (Å²) in [6, 6.07) is 0. The topological polar surface area (TPSA) is 46.5 Å². The van der Waals surface area contributed by atoms with E-state index in [1.807, 2.05) is 0 Å². The van der Waals surface area contributed by atoms with E-state index in [4.69, 9.17) is 5.11 Å². The second-order valence-electron chi connectivity index (χ2n) is 1.93. The fourth-order valence-corrected chi connectivity index (χ4v) is 0.387. The average Bonchev–Trinajstić information content (AvgIpc) is 1.87. The predicted molar refractivity (Wildman–Crippen MR) is 37.6 cm³/mol. The van der Waals surface area contributed by atoms with E-state index in [0.29, 0.717) is 6.61 Å². The fourth-order valence-electron chi connectivity index (χ4n) is 0.387. The first-order chi connectivity index (χ1) is 4.59. The van der Waals surface area contributed by atoms with Crippen LogP contribution in [0.25, 0.3) is 0 Å². The van der Waals surface area contributed by atoms with E-state index in [2.05, 4.69) is 4.74 Å². The molecule has 0 spiro atoms. The molecule has 0 aliphatic heterocycles. The Morgan fingerprint density at radius 1 is 1.45 bits per heavy atom. The normalized spacial score (nSPS) is 11.2. The van der Waals surface area contributed by atoms with Gasteiger partial charge in [-0.2, -0.15) is 0 Å². The second-order valence-corrected chi connectivity index (χ2v) is 1.93. The summed E-state index contributed by atoms with van der Waals surface area (Å²) in [5, 5.41) is 8.80. The van der Waals surface area contributed by atoms with Gasteiger partial charge in [-0.3, -0.25) is 0 Å². The molecular formula is C7H12CuO3. The fraction of sp³-hybridized carbons (Fsp3) is 0.571. The van der Waals surface area contributed by atoms with Gasteiger partial charge in [0.2, 0.25) is 0 Å². The van der Waals surface area contributed by atoms with Crippen molar-refractivity contribution in [2.24, 2.45) is 0 Å². The molecule has 0 aromatic rings. The number of aliphatic hydroxyl groups excluding tert-OH is 1. The van der Waals surface area contributed by atoms with Crippen molar-refractivity contribution < 1.29 is 31.7 Å². The molecular weight excluding hydrogens is 196 g/mol. The Hall–Kier alpha value is -0.471. The molecule has 0 aromatic heterocycles. The summed E-state index contributed by atoms with van der Waals surface area (Å²) >= 11 is 0. The molecule has 0 saturated heterocycles. The van der Waals surface area contributed by atoms with Gasteiger partial charge in [0.05, 0.1) is 17.9 Å². The number of carbonyl (C=O) groups excluding carboxylic acids is 1. The maximum atomic E-state index is 10.7. The van der Waals surface area contributed by atoms with Crippen LogP contribution in [-0.2, 0) is 26.6 Å². The van der Waals surface area contributed by atoms with Gasteiger partial charge in [0.25, 0.3) is 0 Å². The van der Waals surface area contributed by atoms with E-state index in [1.54, 1.807) is 6.92 Å². The summed E-state index contributed by atoms with van der Waals surface area (Å²) < 4.78 is 4.61. The van der Waals surface area contributed by atoms with E-state index in [9.17, 15) is 4.79 Å². The summed E-state index contributed by atoms with van der Waals surface area (Å²) in [7, 11) is 0. The Bertz CT molecular complexity index is 159. The molecule has 0 amide bonds. The van der Waals surface area contributed by atoms with Gasteiger partial charge in [0, 0.05) is 17.1 Å². The molecule has 0 heterocycles. The molecule has 3 nitrogen and oxygen atoms in total. The maximum Gasteiger partial charge on any atom is 0.337 e. The van der Waals surface area contributed by atoms with Crippen molar-refractivity contribution in [2.75, 3.05) is 6.61 Å². The third-order valence-electron chi connectivity index (χ3n) is 1.12. The van der Waals surface area contributed by atoms with Crippen molar-refractivity contribution in [3.63, 3.8) is 0 Å². The van der Waals surface area contributed by atoms with Crippen LogP contribution in [0.15, 0.2) is 11.3 Å². The van der Waals surface area contributed by atoms with E-state index in [0.717, 1.165) is 0 Å². The first-order valence-corrected chi connectivity index (χ1v) is 3.13. The van der Waals surface area contributed by atoms with Gasteiger partial charge in [0.1, 0.15) is 0 Å². The Kier molecular flexibility index (Phi) is 7.47. The quantitative estimate of drug-likeness (QED) is 0.322. The zero-order chi connectivity index (χ0) is 8.15. The minimum atomic E-state index is -0.456. The van der Waals surface area contributed by atoms with Crippen LogP contribution in [0, 0.1) is 0 Å². The van der Waals surface area contributed by atoms with E-state index in [1.165, 1.54) is 13.8 Å². The van der Waals surface area contributed by atoms with E-state index >= 15 is 0 Å². The largest absolute Gasteiger partial charge is 0.512 e. The van der Waals surface area contributed by atoms with Gasteiger partial charge in [-0.15, -0.1) is 0 Å². The van der Waals surface area contributed by atoms with Crippen LogP contribution < -0.4 is 0 Å². The molecule has 11 heavy (non-hydrogen) atoms. The molecule has 0 aliphatic carbocycles. The van der Waals surface area contributed by atoms with Gasteiger partial charge in [-0.1, -0.05) is 0 Å². The molecule has 0 bridgehead atoms.